The minimum Gasteiger partial charge on any atom is -0.494 e. The summed E-state index contributed by atoms with van der Waals surface area (Å²) in [4.78, 5) is 24.4. The number of carbonyl (C=O) groups is 2. The molecule has 0 atom stereocenters. The van der Waals surface area contributed by atoms with Crippen LogP contribution in [0.5, 0.6) is 5.75 Å². The number of sulfonamides is 1. The maximum Gasteiger partial charge on any atom is 0.340 e. The molecule has 0 saturated heterocycles. The van der Waals surface area contributed by atoms with Gasteiger partial charge in [0.15, 0.2) is 6.61 Å². The van der Waals surface area contributed by atoms with Gasteiger partial charge in [0.25, 0.3) is 15.9 Å². The summed E-state index contributed by atoms with van der Waals surface area (Å²) in [7, 11) is -4.05. The monoisotopic (exact) mass is 490 g/mol. The van der Waals surface area contributed by atoms with Gasteiger partial charge in [-0.05, 0) is 55.5 Å². The van der Waals surface area contributed by atoms with Crippen molar-refractivity contribution in [3.05, 3.63) is 83.9 Å². The van der Waals surface area contributed by atoms with Crippen molar-refractivity contribution in [3.63, 3.8) is 0 Å². The summed E-state index contributed by atoms with van der Waals surface area (Å²) in [6.07, 6.45) is 0. The molecule has 11 heteroatoms. The van der Waals surface area contributed by atoms with Crippen LogP contribution in [-0.4, -0.2) is 33.5 Å². The number of esters is 1. The maximum absolute atomic E-state index is 13.7. The van der Waals surface area contributed by atoms with E-state index in [0.29, 0.717) is 18.4 Å². The number of para-hydroxylation sites is 1. The lowest BCUT2D eigenvalue weighted by Gasteiger charge is -2.13. The normalized spacial score (nSPS) is 10.9. The molecule has 3 aromatic carbocycles. The first-order valence-corrected chi connectivity index (χ1v) is 11.4. The highest BCUT2D eigenvalue weighted by molar-refractivity contribution is 7.92. The van der Waals surface area contributed by atoms with Gasteiger partial charge in [0.2, 0.25) is 0 Å². The molecule has 0 aliphatic rings. The Morgan fingerprint density at radius 2 is 1.65 bits per heavy atom. The van der Waals surface area contributed by atoms with Gasteiger partial charge in [-0.3, -0.25) is 9.52 Å². The molecule has 0 bridgehead atoms. The number of ether oxygens (including phenoxy) is 2. The number of hydrogen-bond donors (Lipinski definition) is 2. The van der Waals surface area contributed by atoms with Gasteiger partial charge in [-0.1, -0.05) is 12.1 Å². The summed E-state index contributed by atoms with van der Waals surface area (Å²) >= 11 is 0. The van der Waals surface area contributed by atoms with E-state index in [-0.39, 0.29) is 21.8 Å². The van der Waals surface area contributed by atoms with Gasteiger partial charge in [-0.15, -0.1) is 0 Å². The second-order valence-corrected chi connectivity index (χ2v) is 8.49. The Morgan fingerprint density at radius 3 is 2.32 bits per heavy atom. The summed E-state index contributed by atoms with van der Waals surface area (Å²) in [5.74, 6) is -3.16. The van der Waals surface area contributed by atoms with Gasteiger partial charge in [-0.2, -0.15) is 0 Å². The fourth-order valence-corrected chi connectivity index (χ4v) is 3.90. The first-order chi connectivity index (χ1) is 16.2. The van der Waals surface area contributed by atoms with E-state index < -0.39 is 40.1 Å². The molecule has 8 nitrogen and oxygen atoms in total. The van der Waals surface area contributed by atoms with Crippen LogP contribution >= 0.6 is 0 Å². The van der Waals surface area contributed by atoms with Crippen molar-refractivity contribution < 1.29 is 36.3 Å². The summed E-state index contributed by atoms with van der Waals surface area (Å²) in [6, 6.07) is 14.0. The molecule has 3 rings (SSSR count). The van der Waals surface area contributed by atoms with Gasteiger partial charge < -0.3 is 14.8 Å². The Labute approximate surface area is 194 Å². The van der Waals surface area contributed by atoms with Crippen molar-refractivity contribution in [1.29, 1.82) is 0 Å². The zero-order valence-corrected chi connectivity index (χ0v) is 18.7. The first kappa shape index (κ1) is 24.6. The molecule has 0 fully saturated rings. The highest BCUT2D eigenvalue weighted by Crippen LogP contribution is 2.23. The topological polar surface area (TPSA) is 111 Å². The van der Waals surface area contributed by atoms with Crippen molar-refractivity contribution in [2.75, 3.05) is 23.3 Å². The lowest BCUT2D eigenvalue weighted by Crippen LogP contribution is -2.22. The van der Waals surface area contributed by atoms with E-state index in [2.05, 4.69) is 10.0 Å². The van der Waals surface area contributed by atoms with E-state index in [4.69, 9.17) is 9.47 Å². The lowest BCUT2D eigenvalue weighted by molar-refractivity contribution is -0.119. The van der Waals surface area contributed by atoms with Crippen LogP contribution in [0, 0.1) is 11.6 Å². The minimum atomic E-state index is -4.05. The van der Waals surface area contributed by atoms with Gasteiger partial charge in [0.05, 0.1) is 28.4 Å². The predicted molar refractivity (Wildman–Crippen MR) is 120 cm³/mol. The van der Waals surface area contributed by atoms with E-state index in [0.717, 1.165) is 12.1 Å². The fraction of sp³-hybridized carbons (Fsp3) is 0.130. The molecular formula is C23H20F2N2O6S. The minimum absolute atomic E-state index is 0.0557. The number of anilines is 2. The number of carbonyl (C=O) groups excluding carboxylic acids is 2. The van der Waals surface area contributed by atoms with Gasteiger partial charge >= 0.3 is 5.97 Å². The Balaban J connectivity index is 1.68. The lowest BCUT2D eigenvalue weighted by atomic mass is 10.2. The zero-order chi connectivity index (χ0) is 24.7. The molecular weight excluding hydrogens is 470 g/mol. The number of benzene rings is 3. The van der Waals surface area contributed by atoms with Crippen LogP contribution in [-0.2, 0) is 19.6 Å². The van der Waals surface area contributed by atoms with E-state index >= 15 is 0 Å². The van der Waals surface area contributed by atoms with Crippen molar-refractivity contribution in [2.24, 2.45) is 0 Å². The average Bonchev–Trinajstić information content (AvgIpc) is 2.80. The fourth-order valence-electron chi connectivity index (χ4n) is 2.82. The highest BCUT2D eigenvalue weighted by Gasteiger charge is 2.20. The largest absolute Gasteiger partial charge is 0.494 e. The second-order valence-electron chi connectivity index (χ2n) is 6.80. The standard InChI is InChI=1S/C23H20F2N2O6S/c1-2-32-16-8-10-17(11-9-16)34(30,31)27-20-6-4-3-5-18(20)23(29)33-14-22(28)26-21-12-7-15(24)13-19(21)25/h3-13,27H,2,14H2,1H3,(H,26,28). The predicted octanol–water partition coefficient (Wildman–Crippen LogP) is 3.96. The third-order valence-electron chi connectivity index (χ3n) is 4.38. The summed E-state index contributed by atoms with van der Waals surface area (Å²) in [6.45, 7) is 1.44. The first-order valence-electron chi connectivity index (χ1n) is 9.96. The van der Waals surface area contributed by atoms with Gasteiger partial charge in [0, 0.05) is 6.07 Å². The maximum atomic E-state index is 13.7. The number of amides is 1. The van der Waals surface area contributed by atoms with Crippen LogP contribution in [0.3, 0.4) is 0 Å². The SMILES string of the molecule is CCOc1ccc(S(=O)(=O)Nc2ccccc2C(=O)OCC(=O)Nc2ccc(F)cc2F)cc1. The zero-order valence-electron chi connectivity index (χ0n) is 17.9. The molecule has 2 N–H and O–H groups in total. The molecule has 34 heavy (non-hydrogen) atoms. The van der Waals surface area contributed by atoms with Crippen LogP contribution < -0.4 is 14.8 Å². The third-order valence-corrected chi connectivity index (χ3v) is 5.76. The number of halogens is 2. The van der Waals surface area contributed by atoms with Crippen LogP contribution in [0.2, 0.25) is 0 Å². The summed E-state index contributed by atoms with van der Waals surface area (Å²) < 4.78 is 64.6. The Bertz CT molecular complexity index is 1300. The molecule has 0 spiro atoms. The Kier molecular flexibility index (Phi) is 7.79. The molecule has 0 radical (unpaired) electrons. The van der Waals surface area contributed by atoms with Crippen molar-refractivity contribution in [1.82, 2.24) is 0 Å². The van der Waals surface area contributed by atoms with Crippen LogP contribution in [0.1, 0.15) is 17.3 Å². The molecule has 0 saturated carbocycles. The quantitative estimate of drug-likeness (QED) is 0.440. The van der Waals surface area contributed by atoms with Gasteiger partial charge in [-0.25, -0.2) is 22.0 Å². The molecule has 0 heterocycles. The number of nitrogens with one attached hydrogen (secondary N) is 2. The van der Waals surface area contributed by atoms with Crippen molar-refractivity contribution >= 4 is 33.3 Å². The molecule has 0 unspecified atom stereocenters. The second kappa shape index (κ2) is 10.8. The Hall–Kier alpha value is -3.99. The average molecular weight is 490 g/mol. The van der Waals surface area contributed by atoms with E-state index in [1.807, 2.05) is 0 Å². The van der Waals surface area contributed by atoms with Crippen LogP contribution in [0.25, 0.3) is 0 Å². The van der Waals surface area contributed by atoms with E-state index in [9.17, 15) is 26.8 Å². The molecule has 1 amide bonds. The number of rotatable bonds is 9. The molecule has 0 aromatic heterocycles. The van der Waals surface area contributed by atoms with Crippen molar-refractivity contribution in [3.8, 4) is 5.75 Å². The van der Waals surface area contributed by atoms with Crippen LogP contribution in [0.4, 0.5) is 20.2 Å². The smallest absolute Gasteiger partial charge is 0.340 e. The van der Waals surface area contributed by atoms with Crippen molar-refractivity contribution in [2.45, 2.75) is 11.8 Å². The highest BCUT2D eigenvalue weighted by atomic mass is 32.2. The molecule has 178 valence electrons. The Morgan fingerprint density at radius 1 is 0.941 bits per heavy atom. The third kappa shape index (κ3) is 6.29. The number of hydrogen-bond acceptors (Lipinski definition) is 6. The van der Waals surface area contributed by atoms with E-state index in [1.54, 1.807) is 6.92 Å². The molecule has 0 aliphatic carbocycles. The molecule has 3 aromatic rings. The van der Waals surface area contributed by atoms with Gasteiger partial charge in [0.1, 0.15) is 17.4 Å². The molecule has 0 aliphatic heterocycles. The van der Waals surface area contributed by atoms with Crippen LogP contribution in [0.15, 0.2) is 71.6 Å². The summed E-state index contributed by atoms with van der Waals surface area (Å²) in [5.41, 5.74) is -0.491. The summed E-state index contributed by atoms with van der Waals surface area (Å²) in [5, 5.41) is 2.15. The van der Waals surface area contributed by atoms with E-state index in [1.165, 1.54) is 48.5 Å².